The second-order valence-electron chi connectivity index (χ2n) is 12.5. The number of nitrogens with zero attached hydrogens (tertiary/aromatic N) is 3. The number of fused-ring (bicyclic) bond motifs is 1. The molecule has 2 saturated carbocycles. The first-order valence-corrected chi connectivity index (χ1v) is 14.3. The van der Waals surface area contributed by atoms with Gasteiger partial charge in [0.05, 0.1) is 12.1 Å². The third kappa shape index (κ3) is 6.90. The number of methoxy groups -OCH3 is 1. The lowest BCUT2D eigenvalue weighted by Crippen LogP contribution is -2.54. The van der Waals surface area contributed by atoms with Gasteiger partial charge in [-0.25, -0.2) is 14.8 Å². The number of aliphatic hydroxyl groups excluding tert-OH is 1. The monoisotopic (exact) mass is 567 g/mol. The van der Waals surface area contributed by atoms with E-state index in [-0.39, 0.29) is 25.6 Å². The Morgan fingerprint density at radius 1 is 1.17 bits per heavy atom. The van der Waals surface area contributed by atoms with Crippen molar-refractivity contribution in [1.29, 1.82) is 0 Å². The number of carbonyl (C=O) groups excluding carboxylic acids is 2. The number of hydrogen-bond donors (Lipinski definition) is 3. The van der Waals surface area contributed by atoms with Gasteiger partial charge in [-0.3, -0.25) is 9.69 Å². The number of ether oxygens (including phenoxy) is 3. The second kappa shape index (κ2) is 11.8. The van der Waals surface area contributed by atoms with E-state index in [1.165, 1.54) is 30.5 Å². The largest absolute Gasteiger partial charge is 0.468 e. The predicted molar refractivity (Wildman–Crippen MR) is 152 cm³/mol. The number of hydrogen-bond acceptors (Lipinski definition) is 9. The maximum atomic E-state index is 13.2. The highest BCUT2D eigenvalue weighted by Crippen LogP contribution is 2.56. The van der Waals surface area contributed by atoms with Crippen molar-refractivity contribution < 1.29 is 28.9 Å². The highest BCUT2D eigenvalue weighted by Gasteiger charge is 2.48. The Labute approximate surface area is 241 Å². The zero-order valence-electron chi connectivity index (χ0n) is 24.3. The minimum absolute atomic E-state index is 0.0644. The molecule has 5 rings (SSSR count). The van der Waals surface area contributed by atoms with Gasteiger partial charge in [0.2, 0.25) is 0 Å². The molecule has 0 saturated heterocycles. The van der Waals surface area contributed by atoms with Crippen molar-refractivity contribution in [3.8, 4) is 5.75 Å². The van der Waals surface area contributed by atoms with Crippen molar-refractivity contribution in [1.82, 2.24) is 20.2 Å². The standard InChI is InChI=1S/C30H41N5O6/c1-29(2,3)41-28(38)35-16-20-10-22(40-18-39-4)7-6-19(20)11-24(35)25(36)15-31-27(37)23-12-26(33-17-32-23)34-21-13-30(14-21)8-5-9-30/h6-7,10,12,17,21,24-25,36H,5,8-9,11,13-16,18H2,1-4H3,(H,31,37)(H,32,33,34)/t24-,25+/m0/s1. The van der Waals surface area contributed by atoms with E-state index in [4.69, 9.17) is 14.2 Å². The Morgan fingerprint density at radius 2 is 1.95 bits per heavy atom. The molecule has 1 spiro atoms. The van der Waals surface area contributed by atoms with E-state index >= 15 is 0 Å². The number of nitrogens with one attached hydrogen (secondary N) is 2. The molecule has 0 bridgehead atoms. The maximum Gasteiger partial charge on any atom is 0.410 e. The summed E-state index contributed by atoms with van der Waals surface area (Å²) < 4.78 is 16.2. The molecule has 1 aromatic heterocycles. The fraction of sp³-hybridized carbons (Fsp3) is 0.600. The molecule has 3 N–H and O–H groups in total. The Kier molecular flexibility index (Phi) is 8.37. The summed E-state index contributed by atoms with van der Waals surface area (Å²) in [5.74, 6) is 0.830. The number of amides is 2. The Morgan fingerprint density at radius 3 is 2.63 bits per heavy atom. The topological polar surface area (TPSA) is 135 Å². The second-order valence-corrected chi connectivity index (χ2v) is 12.5. The molecule has 11 nitrogen and oxygen atoms in total. The molecule has 0 radical (unpaired) electrons. The fourth-order valence-electron chi connectivity index (χ4n) is 6.03. The molecule has 2 aromatic rings. The highest BCUT2D eigenvalue weighted by atomic mass is 16.7. The highest BCUT2D eigenvalue weighted by molar-refractivity contribution is 5.92. The van der Waals surface area contributed by atoms with Crippen molar-refractivity contribution in [2.45, 2.75) is 89.6 Å². The first-order chi connectivity index (χ1) is 19.5. The molecule has 1 aromatic carbocycles. The van der Waals surface area contributed by atoms with Crippen LogP contribution < -0.4 is 15.4 Å². The average molecular weight is 568 g/mol. The summed E-state index contributed by atoms with van der Waals surface area (Å²) in [5, 5.41) is 17.4. The number of anilines is 1. The minimum atomic E-state index is -1.04. The van der Waals surface area contributed by atoms with Gasteiger partial charge in [-0.05, 0) is 81.5 Å². The van der Waals surface area contributed by atoms with E-state index in [2.05, 4.69) is 20.6 Å². The maximum absolute atomic E-state index is 13.2. The zero-order valence-corrected chi connectivity index (χ0v) is 24.3. The van der Waals surface area contributed by atoms with Crippen LogP contribution in [-0.4, -0.2) is 76.2 Å². The van der Waals surface area contributed by atoms with Crippen molar-refractivity contribution >= 4 is 17.8 Å². The molecule has 1 aliphatic heterocycles. The summed E-state index contributed by atoms with van der Waals surface area (Å²) in [6.07, 6.45) is 6.42. The SMILES string of the molecule is COCOc1ccc2c(c1)CN(C(=O)OC(C)(C)C)[C@H]([C@H](O)CNC(=O)c1cc(NC3CC4(CCC4)C3)ncn1)C2. The number of rotatable bonds is 9. The number of aromatic nitrogens is 2. The van der Waals surface area contributed by atoms with Crippen molar-refractivity contribution in [2.75, 3.05) is 25.8 Å². The minimum Gasteiger partial charge on any atom is -0.468 e. The summed E-state index contributed by atoms with van der Waals surface area (Å²) in [4.78, 5) is 36.1. The molecule has 2 heterocycles. The molecule has 3 aliphatic rings. The molecule has 41 heavy (non-hydrogen) atoms. The van der Waals surface area contributed by atoms with Crippen LogP contribution in [0.4, 0.5) is 10.6 Å². The van der Waals surface area contributed by atoms with Gasteiger partial charge in [-0.2, -0.15) is 0 Å². The summed E-state index contributed by atoms with van der Waals surface area (Å²) in [5.41, 5.74) is 1.92. The molecule has 2 atom stereocenters. The molecule has 222 valence electrons. The van der Waals surface area contributed by atoms with Gasteiger partial charge >= 0.3 is 6.09 Å². The van der Waals surface area contributed by atoms with Gasteiger partial charge in [0, 0.05) is 32.3 Å². The van der Waals surface area contributed by atoms with Crippen LogP contribution in [0.25, 0.3) is 0 Å². The Balaban J connectivity index is 1.23. The van der Waals surface area contributed by atoms with Crippen LogP contribution in [0.5, 0.6) is 5.75 Å². The number of aliphatic hydroxyl groups is 1. The van der Waals surface area contributed by atoms with E-state index in [0.29, 0.717) is 29.4 Å². The van der Waals surface area contributed by atoms with Crippen molar-refractivity contribution in [3.05, 3.63) is 47.4 Å². The molecule has 0 unspecified atom stereocenters. The first kappa shape index (κ1) is 29.1. The van der Waals surface area contributed by atoms with Gasteiger partial charge in [0.1, 0.15) is 29.2 Å². The molecular weight excluding hydrogens is 526 g/mol. The molecular formula is C30H41N5O6. The summed E-state index contributed by atoms with van der Waals surface area (Å²) in [7, 11) is 1.55. The smallest absolute Gasteiger partial charge is 0.410 e. The van der Waals surface area contributed by atoms with E-state index in [0.717, 1.165) is 24.0 Å². The van der Waals surface area contributed by atoms with E-state index in [1.807, 2.05) is 18.2 Å². The quantitative estimate of drug-likeness (QED) is 0.388. The van der Waals surface area contributed by atoms with E-state index in [9.17, 15) is 14.7 Å². The van der Waals surface area contributed by atoms with Crippen LogP contribution in [0, 0.1) is 5.41 Å². The zero-order chi connectivity index (χ0) is 29.2. The Hall–Kier alpha value is -3.44. The number of benzene rings is 1. The summed E-state index contributed by atoms with van der Waals surface area (Å²) >= 11 is 0. The predicted octanol–water partition coefficient (Wildman–Crippen LogP) is 3.66. The van der Waals surface area contributed by atoms with Gasteiger partial charge in [0.25, 0.3) is 5.91 Å². The lowest BCUT2D eigenvalue weighted by molar-refractivity contribution is -0.0114. The van der Waals surface area contributed by atoms with Crippen LogP contribution >= 0.6 is 0 Å². The van der Waals surface area contributed by atoms with Gasteiger partial charge in [0.15, 0.2) is 6.79 Å². The van der Waals surface area contributed by atoms with Crippen LogP contribution in [0.15, 0.2) is 30.6 Å². The molecule has 2 amide bonds. The van der Waals surface area contributed by atoms with E-state index < -0.39 is 29.7 Å². The normalized spacial score (nSPS) is 20.3. The lowest BCUT2D eigenvalue weighted by atomic mass is 9.54. The van der Waals surface area contributed by atoms with Crippen LogP contribution in [0.1, 0.15) is 74.5 Å². The van der Waals surface area contributed by atoms with Crippen LogP contribution in [0.3, 0.4) is 0 Å². The lowest BCUT2D eigenvalue weighted by Gasteiger charge is -2.54. The molecule has 2 fully saturated rings. The van der Waals surface area contributed by atoms with Crippen molar-refractivity contribution in [2.24, 2.45) is 5.41 Å². The van der Waals surface area contributed by atoms with E-state index in [1.54, 1.807) is 33.9 Å². The molecule has 2 aliphatic carbocycles. The average Bonchev–Trinajstić information content (AvgIpc) is 2.89. The van der Waals surface area contributed by atoms with Gasteiger partial charge in [-0.1, -0.05) is 12.5 Å². The van der Waals surface area contributed by atoms with Crippen LogP contribution in [0.2, 0.25) is 0 Å². The van der Waals surface area contributed by atoms with Gasteiger partial charge in [-0.15, -0.1) is 0 Å². The summed E-state index contributed by atoms with van der Waals surface area (Å²) in [6.45, 7) is 5.67. The number of carbonyl (C=O) groups is 2. The third-order valence-electron chi connectivity index (χ3n) is 8.26. The third-order valence-corrected chi connectivity index (χ3v) is 8.26. The summed E-state index contributed by atoms with van der Waals surface area (Å²) in [6, 6.07) is 7.03. The van der Waals surface area contributed by atoms with Gasteiger partial charge < -0.3 is 30.0 Å². The van der Waals surface area contributed by atoms with Crippen LogP contribution in [-0.2, 0) is 22.4 Å². The fourth-order valence-corrected chi connectivity index (χ4v) is 6.03. The Bertz CT molecular complexity index is 1250. The molecule has 11 heteroatoms. The first-order valence-electron chi connectivity index (χ1n) is 14.3. The van der Waals surface area contributed by atoms with Crippen molar-refractivity contribution in [3.63, 3.8) is 0 Å².